The highest BCUT2D eigenvalue weighted by atomic mass is 79.9. The molecule has 1 aromatic heterocycles. The monoisotopic (exact) mass is 247 g/mol. The Morgan fingerprint density at radius 3 is 2.69 bits per heavy atom. The molecule has 3 N–H and O–H groups in total. The Kier molecular flexibility index (Phi) is 3.47. The summed E-state index contributed by atoms with van der Waals surface area (Å²) in [7, 11) is 1.87. The van der Waals surface area contributed by atoms with Gasteiger partial charge in [-0.05, 0) is 22.9 Å². The van der Waals surface area contributed by atoms with E-state index in [1.807, 2.05) is 14.0 Å². The molecule has 0 aromatic carbocycles. The van der Waals surface area contributed by atoms with E-state index in [9.17, 15) is 0 Å². The fourth-order valence-electron chi connectivity index (χ4n) is 1.21. The van der Waals surface area contributed by atoms with Crippen molar-refractivity contribution in [3.05, 3.63) is 15.9 Å². The number of nitrogens with two attached hydrogens (primary N) is 1. The lowest BCUT2D eigenvalue weighted by molar-refractivity contribution is 0.263. The van der Waals surface area contributed by atoms with E-state index in [0.717, 1.165) is 15.9 Å². The van der Waals surface area contributed by atoms with E-state index >= 15 is 0 Å². The van der Waals surface area contributed by atoms with E-state index in [4.69, 9.17) is 10.8 Å². The smallest absolute Gasteiger partial charge is 0.0738 e. The van der Waals surface area contributed by atoms with Crippen LogP contribution >= 0.6 is 15.9 Å². The van der Waals surface area contributed by atoms with Crippen LogP contribution in [0.3, 0.4) is 0 Å². The summed E-state index contributed by atoms with van der Waals surface area (Å²) in [5.41, 5.74) is 7.61. The number of rotatable bonds is 3. The summed E-state index contributed by atoms with van der Waals surface area (Å²) >= 11 is 3.44. The van der Waals surface area contributed by atoms with Gasteiger partial charge in [0.1, 0.15) is 0 Å². The van der Waals surface area contributed by atoms with Crippen molar-refractivity contribution in [2.45, 2.75) is 19.4 Å². The van der Waals surface area contributed by atoms with Crippen LogP contribution in [-0.2, 0) is 13.5 Å². The molecule has 0 bridgehead atoms. The molecule has 0 spiro atoms. The summed E-state index contributed by atoms with van der Waals surface area (Å²) in [4.78, 5) is 0. The van der Waals surface area contributed by atoms with E-state index in [1.54, 1.807) is 4.68 Å². The maximum Gasteiger partial charge on any atom is 0.0738 e. The van der Waals surface area contributed by atoms with Gasteiger partial charge < -0.3 is 10.8 Å². The number of aliphatic hydroxyl groups is 1. The molecular formula is C8H14BrN3O. The van der Waals surface area contributed by atoms with Crippen LogP contribution in [0.15, 0.2) is 4.47 Å². The third kappa shape index (κ3) is 2.30. The lowest BCUT2D eigenvalue weighted by Gasteiger charge is -2.08. The molecule has 13 heavy (non-hydrogen) atoms. The highest BCUT2D eigenvalue weighted by molar-refractivity contribution is 9.10. The van der Waals surface area contributed by atoms with Gasteiger partial charge in [0.2, 0.25) is 0 Å². The summed E-state index contributed by atoms with van der Waals surface area (Å²) in [6.45, 7) is 1.93. The molecule has 5 heteroatoms. The lowest BCUT2D eigenvalue weighted by atomic mass is 10.2. The van der Waals surface area contributed by atoms with Gasteiger partial charge >= 0.3 is 0 Å². The van der Waals surface area contributed by atoms with Gasteiger partial charge in [-0.25, -0.2) is 0 Å². The van der Waals surface area contributed by atoms with Crippen LogP contribution in [0.2, 0.25) is 0 Å². The second kappa shape index (κ2) is 4.21. The van der Waals surface area contributed by atoms with Gasteiger partial charge in [0.25, 0.3) is 0 Å². The first-order valence-electron chi connectivity index (χ1n) is 4.10. The van der Waals surface area contributed by atoms with Crippen molar-refractivity contribution >= 4 is 15.9 Å². The Balaban J connectivity index is 2.87. The zero-order valence-electron chi connectivity index (χ0n) is 7.79. The topological polar surface area (TPSA) is 64.1 Å². The quantitative estimate of drug-likeness (QED) is 0.811. The van der Waals surface area contributed by atoms with Crippen LogP contribution in [0.25, 0.3) is 0 Å². The third-order valence-electron chi connectivity index (χ3n) is 1.95. The minimum absolute atomic E-state index is 0.00331. The summed E-state index contributed by atoms with van der Waals surface area (Å²) in [6, 6.07) is -0.217. The zero-order chi connectivity index (χ0) is 10.0. The Hall–Kier alpha value is -0.390. The minimum atomic E-state index is -0.217. The van der Waals surface area contributed by atoms with Crippen molar-refractivity contribution in [3.8, 4) is 0 Å². The SMILES string of the molecule is Cc1nn(C)c(CC(N)CO)c1Br. The number of nitrogens with zero attached hydrogens (tertiary/aromatic N) is 2. The molecule has 4 nitrogen and oxygen atoms in total. The maximum atomic E-state index is 8.81. The molecule has 0 radical (unpaired) electrons. The van der Waals surface area contributed by atoms with Crippen LogP contribution in [0, 0.1) is 6.92 Å². The van der Waals surface area contributed by atoms with Crippen molar-refractivity contribution < 1.29 is 5.11 Å². The van der Waals surface area contributed by atoms with Crippen LogP contribution < -0.4 is 5.73 Å². The molecule has 1 heterocycles. The molecule has 1 rings (SSSR count). The highest BCUT2D eigenvalue weighted by Crippen LogP contribution is 2.20. The van der Waals surface area contributed by atoms with Gasteiger partial charge in [-0.1, -0.05) is 0 Å². The van der Waals surface area contributed by atoms with Crippen LogP contribution in [-0.4, -0.2) is 27.5 Å². The number of aliphatic hydroxyl groups excluding tert-OH is 1. The fraction of sp³-hybridized carbons (Fsp3) is 0.625. The fourth-order valence-corrected chi connectivity index (χ4v) is 1.71. The molecule has 1 unspecified atom stereocenters. The molecule has 0 saturated heterocycles. The van der Waals surface area contributed by atoms with Gasteiger partial charge in [0.15, 0.2) is 0 Å². The van der Waals surface area contributed by atoms with Crippen LogP contribution in [0.1, 0.15) is 11.4 Å². The normalized spacial score (nSPS) is 13.3. The largest absolute Gasteiger partial charge is 0.395 e. The Morgan fingerprint density at radius 2 is 2.31 bits per heavy atom. The molecule has 74 valence electrons. The van der Waals surface area contributed by atoms with Crippen LogP contribution in [0.4, 0.5) is 0 Å². The molecule has 0 fully saturated rings. The van der Waals surface area contributed by atoms with Crippen molar-refractivity contribution in [2.75, 3.05) is 6.61 Å². The van der Waals surface area contributed by atoms with E-state index < -0.39 is 0 Å². The minimum Gasteiger partial charge on any atom is -0.395 e. The van der Waals surface area contributed by atoms with Crippen molar-refractivity contribution in [2.24, 2.45) is 12.8 Å². The van der Waals surface area contributed by atoms with Crippen molar-refractivity contribution in [1.29, 1.82) is 0 Å². The van der Waals surface area contributed by atoms with E-state index in [1.165, 1.54) is 0 Å². The summed E-state index contributed by atoms with van der Waals surface area (Å²) in [5.74, 6) is 0. The Morgan fingerprint density at radius 1 is 1.69 bits per heavy atom. The molecule has 0 saturated carbocycles. The van der Waals surface area contributed by atoms with Gasteiger partial charge in [-0.2, -0.15) is 5.10 Å². The maximum absolute atomic E-state index is 8.81. The molecule has 0 amide bonds. The van der Waals surface area contributed by atoms with Gasteiger partial charge in [0.05, 0.1) is 22.5 Å². The van der Waals surface area contributed by atoms with Gasteiger partial charge in [-0.3, -0.25) is 4.68 Å². The standard InChI is InChI=1S/C8H14BrN3O/c1-5-8(9)7(12(2)11-5)3-6(10)4-13/h6,13H,3-4,10H2,1-2H3. The third-order valence-corrected chi connectivity index (χ3v) is 2.98. The molecule has 1 atom stereocenters. The van der Waals surface area contributed by atoms with Gasteiger partial charge in [-0.15, -0.1) is 0 Å². The van der Waals surface area contributed by atoms with Crippen molar-refractivity contribution in [1.82, 2.24) is 9.78 Å². The van der Waals surface area contributed by atoms with Crippen molar-refractivity contribution in [3.63, 3.8) is 0 Å². The number of aryl methyl sites for hydroxylation is 2. The molecular weight excluding hydrogens is 234 g/mol. The Labute approximate surface area is 85.9 Å². The predicted molar refractivity (Wildman–Crippen MR) is 54.4 cm³/mol. The second-order valence-electron chi connectivity index (χ2n) is 3.12. The first kappa shape index (κ1) is 10.7. The number of hydrogen-bond donors (Lipinski definition) is 2. The number of halogens is 1. The van der Waals surface area contributed by atoms with E-state index in [0.29, 0.717) is 6.42 Å². The molecule has 0 aliphatic carbocycles. The molecule has 1 aromatic rings. The average Bonchev–Trinajstić information content (AvgIpc) is 2.32. The molecule has 0 aliphatic heterocycles. The van der Waals surface area contributed by atoms with Gasteiger partial charge in [0, 0.05) is 19.5 Å². The highest BCUT2D eigenvalue weighted by Gasteiger charge is 2.13. The number of aromatic nitrogens is 2. The summed E-state index contributed by atoms with van der Waals surface area (Å²) < 4.78 is 2.77. The van der Waals surface area contributed by atoms with E-state index in [2.05, 4.69) is 21.0 Å². The predicted octanol–water partition coefficient (Wildman–Crippen LogP) is 0.353. The first-order chi connectivity index (χ1) is 6.06. The first-order valence-corrected chi connectivity index (χ1v) is 4.90. The second-order valence-corrected chi connectivity index (χ2v) is 3.91. The number of hydrogen-bond acceptors (Lipinski definition) is 3. The molecule has 0 aliphatic rings. The zero-order valence-corrected chi connectivity index (χ0v) is 9.37. The van der Waals surface area contributed by atoms with E-state index in [-0.39, 0.29) is 12.6 Å². The Bertz CT molecular complexity index is 298. The lowest BCUT2D eigenvalue weighted by Crippen LogP contribution is -2.28. The summed E-state index contributed by atoms with van der Waals surface area (Å²) in [5, 5.41) is 13.0. The average molecular weight is 248 g/mol. The summed E-state index contributed by atoms with van der Waals surface area (Å²) in [6.07, 6.45) is 0.633. The van der Waals surface area contributed by atoms with Crippen LogP contribution in [0.5, 0.6) is 0 Å².